The predicted octanol–water partition coefficient (Wildman–Crippen LogP) is 7.45. The molecular weight excluding hydrogens is 475 g/mol. The van der Waals surface area contributed by atoms with Crippen molar-refractivity contribution in [2.75, 3.05) is 33.4 Å². The van der Waals surface area contributed by atoms with Gasteiger partial charge in [-0.1, -0.05) is 75.7 Å². The van der Waals surface area contributed by atoms with E-state index in [0.29, 0.717) is 23.1 Å². The first-order valence-corrected chi connectivity index (χ1v) is 12.7. The van der Waals surface area contributed by atoms with Gasteiger partial charge in [-0.25, -0.2) is 4.39 Å². The molecule has 0 aliphatic carbocycles. The van der Waals surface area contributed by atoms with Gasteiger partial charge in [0.15, 0.2) is 11.6 Å². The Labute approximate surface area is 220 Å². The second-order valence-electron chi connectivity index (χ2n) is 8.51. The van der Waals surface area contributed by atoms with Crippen molar-refractivity contribution in [2.45, 2.75) is 33.6 Å². The van der Waals surface area contributed by atoms with E-state index in [9.17, 15) is 5.26 Å². The Morgan fingerprint density at radius 1 is 0.972 bits per heavy atom. The van der Waals surface area contributed by atoms with Gasteiger partial charge in [0.1, 0.15) is 6.61 Å². The summed E-state index contributed by atoms with van der Waals surface area (Å²) in [6.07, 6.45) is 0. The van der Waals surface area contributed by atoms with E-state index in [2.05, 4.69) is 37.4 Å². The summed E-state index contributed by atoms with van der Waals surface area (Å²) in [7, 11) is 1.55. The first-order chi connectivity index (χ1) is 17.5. The van der Waals surface area contributed by atoms with Gasteiger partial charge in [0.25, 0.3) is 0 Å². The lowest BCUT2D eigenvalue weighted by molar-refractivity contribution is 0.144. The third-order valence-corrected chi connectivity index (χ3v) is 5.87. The number of halogens is 2. The van der Waals surface area contributed by atoms with Crippen molar-refractivity contribution < 1.29 is 13.9 Å². The number of benzene rings is 3. The molecule has 0 saturated carbocycles. The van der Waals surface area contributed by atoms with Crippen LogP contribution in [0.2, 0.25) is 5.02 Å². The fourth-order valence-corrected chi connectivity index (χ4v) is 4.05. The standard InChI is InChI=1S/C28H30ClFN2O2.C2H6/c1-19(2)17-32-18-24(20-7-5-4-6-8-20)21-9-11-25(29)23(15-21)27-22(16-31)10-12-26(28(27)30)34-14-13-33-3;1-2/h4-12,15,19,24,32H,13-14,17-18H2,1-3H3;1-2H3. The van der Waals surface area contributed by atoms with Gasteiger partial charge in [-0.2, -0.15) is 5.26 Å². The van der Waals surface area contributed by atoms with Gasteiger partial charge in [-0.05, 0) is 47.9 Å². The molecule has 1 N–H and O–H groups in total. The molecule has 1 unspecified atom stereocenters. The highest BCUT2D eigenvalue weighted by atomic mass is 35.5. The number of nitriles is 1. The summed E-state index contributed by atoms with van der Waals surface area (Å²) >= 11 is 6.55. The van der Waals surface area contributed by atoms with Gasteiger partial charge in [0.05, 0.1) is 18.2 Å². The highest BCUT2D eigenvalue weighted by molar-refractivity contribution is 6.33. The van der Waals surface area contributed by atoms with E-state index in [1.54, 1.807) is 19.2 Å². The Bertz CT molecular complexity index is 1130. The predicted molar refractivity (Wildman–Crippen MR) is 146 cm³/mol. The van der Waals surface area contributed by atoms with Crippen LogP contribution >= 0.6 is 11.6 Å². The third kappa shape index (κ3) is 7.80. The van der Waals surface area contributed by atoms with Crippen LogP contribution in [0.15, 0.2) is 60.7 Å². The smallest absolute Gasteiger partial charge is 0.174 e. The minimum atomic E-state index is -0.608. The van der Waals surface area contributed by atoms with Crippen LogP contribution < -0.4 is 10.1 Å². The molecule has 1 atom stereocenters. The summed E-state index contributed by atoms with van der Waals surface area (Å²) in [5.41, 5.74) is 2.94. The molecule has 0 bridgehead atoms. The first kappa shape index (κ1) is 29.3. The molecule has 0 aliphatic rings. The van der Waals surface area contributed by atoms with Crippen molar-refractivity contribution in [1.29, 1.82) is 5.26 Å². The monoisotopic (exact) mass is 510 g/mol. The molecule has 3 aromatic rings. The number of hydrogen-bond donors (Lipinski definition) is 1. The van der Waals surface area contributed by atoms with Crippen molar-refractivity contribution in [3.05, 3.63) is 88.2 Å². The second-order valence-corrected chi connectivity index (χ2v) is 8.92. The van der Waals surface area contributed by atoms with Crippen LogP contribution in [0, 0.1) is 23.1 Å². The average Bonchev–Trinajstić information content (AvgIpc) is 2.90. The van der Waals surface area contributed by atoms with Crippen molar-refractivity contribution >= 4 is 11.6 Å². The quantitative estimate of drug-likeness (QED) is 0.272. The lowest BCUT2D eigenvalue weighted by Crippen LogP contribution is -2.26. The number of ether oxygens (including phenoxy) is 2. The summed E-state index contributed by atoms with van der Waals surface area (Å²) in [4.78, 5) is 0. The number of hydrogen-bond acceptors (Lipinski definition) is 4. The summed E-state index contributed by atoms with van der Waals surface area (Å²) < 4.78 is 26.1. The number of nitrogens with one attached hydrogen (secondary N) is 1. The minimum absolute atomic E-state index is 0.0331. The minimum Gasteiger partial charge on any atom is -0.488 e. The zero-order valence-corrected chi connectivity index (χ0v) is 22.5. The Balaban J connectivity index is 0.00000222. The van der Waals surface area contributed by atoms with E-state index >= 15 is 4.39 Å². The molecule has 3 aromatic carbocycles. The topological polar surface area (TPSA) is 54.3 Å². The van der Waals surface area contributed by atoms with Gasteiger partial charge >= 0.3 is 0 Å². The van der Waals surface area contributed by atoms with Gasteiger partial charge in [-0.3, -0.25) is 0 Å². The van der Waals surface area contributed by atoms with Crippen LogP contribution in [0.4, 0.5) is 4.39 Å². The van der Waals surface area contributed by atoms with Gasteiger partial charge in [-0.15, -0.1) is 0 Å². The van der Waals surface area contributed by atoms with E-state index in [0.717, 1.165) is 24.2 Å². The van der Waals surface area contributed by atoms with E-state index in [4.69, 9.17) is 21.1 Å². The fraction of sp³-hybridized carbons (Fsp3) is 0.367. The normalized spacial score (nSPS) is 11.4. The van der Waals surface area contributed by atoms with E-state index in [1.165, 1.54) is 6.07 Å². The molecule has 0 aromatic heterocycles. The molecule has 4 nitrogen and oxygen atoms in total. The number of methoxy groups -OCH3 is 1. The Hall–Kier alpha value is -2.91. The SMILES string of the molecule is CC.COCCOc1ccc(C#N)c(-c2cc(C(CNCC(C)C)c3ccccc3)ccc2Cl)c1F. The van der Waals surface area contributed by atoms with Gasteiger partial charge in [0.2, 0.25) is 0 Å². The molecule has 0 radical (unpaired) electrons. The second kappa shape index (κ2) is 15.3. The third-order valence-electron chi connectivity index (χ3n) is 5.54. The van der Waals surface area contributed by atoms with Crippen LogP contribution in [0.25, 0.3) is 11.1 Å². The molecular formula is C30H36ClFN2O2. The van der Waals surface area contributed by atoms with Gasteiger partial charge < -0.3 is 14.8 Å². The molecule has 0 heterocycles. The van der Waals surface area contributed by atoms with Crippen LogP contribution in [0.5, 0.6) is 5.75 Å². The summed E-state index contributed by atoms with van der Waals surface area (Å²) in [6, 6.07) is 20.9. The average molecular weight is 511 g/mol. The van der Waals surface area contributed by atoms with E-state index in [-0.39, 0.29) is 29.4 Å². The molecule has 192 valence electrons. The Morgan fingerprint density at radius 2 is 1.69 bits per heavy atom. The lowest BCUT2D eigenvalue weighted by Gasteiger charge is -2.21. The highest BCUT2D eigenvalue weighted by Crippen LogP contribution is 2.39. The summed E-state index contributed by atoms with van der Waals surface area (Å²) in [5.74, 6) is 0.00478. The van der Waals surface area contributed by atoms with Crippen molar-refractivity contribution in [1.82, 2.24) is 5.32 Å². The van der Waals surface area contributed by atoms with Gasteiger partial charge in [0, 0.05) is 35.7 Å². The van der Waals surface area contributed by atoms with Crippen LogP contribution in [-0.4, -0.2) is 33.4 Å². The maximum atomic E-state index is 15.6. The Kier molecular flexibility index (Phi) is 12.4. The van der Waals surface area contributed by atoms with Crippen LogP contribution in [0.3, 0.4) is 0 Å². The van der Waals surface area contributed by atoms with Crippen molar-refractivity contribution in [2.24, 2.45) is 5.92 Å². The maximum Gasteiger partial charge on any atom is 0.174 e. The highest BCUT2D eigenvalue weighted by Gasteiger charge is 2.21. The molecule has 0 spiro atoms. The molecule has 0 amide bonds. The van der Waals surface area contributed by atoms with E-state index < -0.39 is 5.82 Å². The lowest BCUT2D eigenvalue weighted by atomic mass is 9.88. The molecule has 0 fully saturated rings. The molecule has 0 aliphatic heterocycles. The molecule has 0 saturated heterocycles. The number of nitrogens with zero attached hydrogens (tertiary/aromatic N) is 1. The summed E-state index contributed by atoms with van der Waals surface area (Å²) in [6.45, 7) is 10.5. The zero-order valence-electron chi connectivity index (χ0n) is 21.8. The molecule has 6 heteroatoms. The van der Waals surface area contributed by atoms with Crippen LogP contribution in [0.1, 0.15) is 50.3 Å². The zero-order chi connectivity index (χ0) is 26.5. The first-order valence-electron chi connectivity index (χ1n) is 12.4. The van der Waals surface area contributed by atoms with Crippen molar-refractivity contribution in [3.63, 3.8) is 0 Å². The molecule has 36 heavy (non-hydrogen) atoms. The van der Waals surface area contributed by atoms with E-state index in [1.807, 2.05) is 44.2 Å². The maximum absolute atomic E-state index is 15.6. The number of rotatable bonds is 11. The molecule has 3 rings (SSSR count). The fourth-order valence-electron chi connectivity index (χ4n) is 3.84. The Morgan fingerprint density at radius 3 is 2.33 bits per heavy atom. The summed E-state index contributed by atoms with van der Waals surface area (Å²) in [5, 5.41) is 13.6. The van der Waals surface area contributed by atoms with Crippen molar-refractivity contribution in [3.8, 4) is 22.9 Å². The van der Waals surface area contributed by atoms with Crippen LogP contribution in [-0.2, 0) is 4.74 Å². The largest absolute Gasteiger partial charge is 0.488 e.